The number of hydrogen-bond donors (Lipinski definition) is 2. The van der Waals surface area contributed by atoms with Gasteiger partial charge in [-0.2, -0.15) is 0 Å². The summed E-state index contributed by atoms with van der Waals surface area (Å²) in [5.74, 6) is -2.11. The summed E-state index contributed by atoms with van der Waals surface area (Å²) < 4.78 is 10.2. The molecule has 8 nitrogen and oxygen atoms in total. The van der Waals surface area contributed by atoms with Crippen LogP contribution in [0.4, 0.5) is 0 Å². The second-order valence-corrected chi connectivity index (χ2v) is 7.08. The highest BCUT2D eigenvalue weighted by Crippen LogP contribution is 2.47. The topological polar surface area (TPSA) is 127 Å². The highest BCUT2D eigenvalue weighted by Gasteiger charge is 2.23. The predicted octanol–water partition coefficient (Wildman–Crippen LogP) is 4.20. The number of aromatic carboxylic acids is 2. The lowest BCUT2D eigenvalue weighted by Crippen LogP contribution is -2.05. The van der Waals surface area contributed by atoms with Crippen molar-refractivity contribution in [2.45, 2.75) is 0 Å². The Bertz CT molecular complexity index is 1500. The van der Waals surface area contributed by atoms with E-state index in [1.807, 2.05) is 0 Å². The molecule has 0 saturated heterocycles. The SMILES string of the molecule is O=COc1ccc2c3ccc(C(=O)O)c4c(C(=O)O)ccc(c5ccc(OC=O)c1c25)c43. The minimum absolute atomic E-state index is 0.121. The maximum atomic E-state index is 11.9. The van der Waals surface area contributed by atoms with Crippen LogP contribution in [0.15, 0.2) is 48.5 Å². The van der Waals surface area contributed by atoms with Gasteiger partial charge in [0.2, 0.25) is 0 Å². The number of benzene rings is 5. The molecule has 0 saturated carbocycles. The van der Waals surface area contributed by atoms with Gasteiger partial charge in [0.1, 0.15) is 11.5 Å². The van der Waals surface area contributed by atoms with E-state index in [0.717, 1.165) is 0 Å². The Morgan fingerprint density at radius 1 is 0.562 bits per heavy atom. The smallest absolute Gasteiger partial charge is 0.336 e. The second-order valence-electron chi connectivity index (χ2n) is 7.08. The molecule has 0 unspecified atom stereocenters. The fourth-order valence-electron chi connectivity index (χ4n) is 4.48. The van der Waals surface area contributed by atoms with Crippen molar-refractivity contribution < 1.29 is 38.9 Å². The Morgan fingerprint density at radius 3 is 1.31 bits per heavy atom. The van der Waals surface area contributed by atoms with Crippen molar-refractivity contribution >= 4 is 68.0 Å². The third kappa shape index (κ3) is 2.50. The highest BCUT2D eigenvalue weighted by molar-refractivity contribution is 6.36. The zero-order valence-electron chi connectivity index (χ0n) is 16.1. The van der Waals surface area contributed by atoms with Crippen LogP contribution in [0.5, 0.6) is 11.5 Å². The zero-order chi connectivity index (χ0) is 22.6. The summed E-state index contributed by atoms with van der Waals surface area (Å²) in [6.07, 6.45) is 0. The molecular formula is C24H12O8. The number of rotatable bonds is 6. The average Bonchev–Trinajstić information content (AvgIpc) is 2.78. The Morgan fingerprint density at radius 2 is 0.938 bits per heavy atom. The van der Waals surface area contributed by atoms with E-state index >= 15 is 0 Å². The Kier molecular flexibility index (Phi) is 4.16. The fourth-order valence-corrected chi connectivity index (χ4v) is 4.48. The van der Waals surface area contributed by atoms with E-state index in [1.54, 1.807) is 24.3 Å². The molecule has 5 rings (SSSR count). The molecule has 156 valence electrons. The van der Waals surface area contributed by atoms with Gasteiger partial charge in [-0.25, -0.2) is 9.59 Å². The number of hydrogen-bond acceptors (Lipinski definition) is 6. The molecule has 0 radical (unpaired) electrons. The van der Waals surface area contributed by atoms with Crippen LogP contribution in [-0.2, 0) is 9.59 Å². The summed E-state index contributed by atoms with van der Waals surface area (Å²) in [5.41, 5.74) is -0.242. The predicted molar refractivity (Wildman–Crippen MR) is 115 cm³/mol. The first kappa shape index (κ1) is 19.3. The van der Waals surface area contributed by atoms with Crippen LogP contribution < -0.4 is 9.47 Å². The first-order valence-electron chi connectivity index (χ1n) is 9.35. The van der Waals surface area contributed by atoms with Crippen LogP contribution in [0.1, 0.15) is 20.7 Å². The van der Waals surface area contributed by atoms with Gasteiger partial charge in [0.15, 0.2) is 0 Å². The van der Waals surface area contributed by atoms with E-state index < -0.39 is 11.9 Å². The quantitative estimate of drug-likeness (QED) is 0.234. The average molecular weight is 428 g/mol. The summed E-state index contributed by atoms with van der Waals surface area (Å²) in [6.45, 7) is 0.537. The molecule has 0 spiro atoms. The third-order valence-electron chi connectivity index (χ3n) is 5.64. The van der Waals surface area contributed by atoms with Crippen molar-refractivity contribution in [2.75, 3.05) is 0 Å². The van der Waals surface area contributed by atoms with Gasteiger partial charge in [-0.15, -0.1) is 0 Å². The molecule has 5 aromatic rings. The maximum absolute atomic E-state index is 11.9. The monoisotopic (exact) mass is 428 g/mol. The maximum Gasteiger partial charge on any atom is 0.336 e. The molecule has 0 aliphatic carbocycles. The minimum atomic E-state index is -1.24. The molecule has 0 aliphatic rings. The number of carboxylic acid groups (broad SMARTS) is 2. The minimum Gasteiger partial charge on any atom is -0.478 e. The second kappa shape index (κ2) is 6.92. The first-order chi connectivity index (χ1) is 15.5. The molecule has 8 heteroatoms. The van der Waals surface area contributed by atoms with Crippen molar-refractivity contribution in [1.82, 2.24) is 0 Å². The summed E-state index contributed by atoms with van der Waals surface area (Å²) in [6, 6.07) is 12.4. The summed E-state index contributed by atoms with van der Waals surface area (Å²) in [4.78, 5) is 45.9. The lowest BCUT2D eigenvalue weighted by molar-refractivity contribution is -0.121. The number of carbonyl (C=O) groups is 4. The van der Waals surface area contributed by atoms with Gasteiger partial charge in [0.05, 0.1) is 16.5 Å². The van der Waals surface area contributed by atoms with E-state index in [1.165, 1.54) is 24.3 Å². The molecule has 0 aromatic heterocycles. The van der Waals surface area contributed by atoms with Crippen molar-refractivity contribution in [1.29, 1.82) is 0 Å². The van der Waals surface area contributed by atoms with E-state index in [9.17, 15) is 29.4 Å². The molecule has 2 N–H and O–H groups in total. The van der Waals surface area contributed by atoms with Crippen molar-refractivity contribution in [2.24, 2.45) is 0 Å². The van der Waals surface area contributed by atoms with Gasteiger partial charge in [-0.05, 0) is 63.3 Å². The van der Waals surface area contributed by atoms with Crippen molar-refractivity contribution in [3.8, 4) is 11.5 Å². The number of ether oxygens (including phenoxy) is 2. The summed E-state index contributed by atoms with van der Waals surface area (Å²) in [7, 11) is 0. The largest absolute Gasteiger partial charge is 0.478 e. The third-order valence-corrected chi connectivity index (χ3v) is 5.64. The van der Waals surface area contributed by atoms with Gasteiger partial charge < -0.3 is 19.7 Å². The fraction of sp³-hybridized carbons (Fsp3) is 0. The Labute approximate surface area is 178 Å². The zero-order valence-corrected chi connectivity index (χ0v) is 16.1. The van der Waals surface area contributed by atoms with E-state index in [4.69, 9.17) is 9.47 Å². The number of fused-ring (bicyclic) bond motifs is 2. The van der Waals surface area contributed by atoms with Gasteiger partial charge in [0.25, 0.3) is 12.9 Å². The molecule has 0 heterocycles. The lowest BCUT2D eigenvalue weighted by Gasteiger charge is -2.18. The van der Waals surface area contributed by atoms with Gasteiger partial charge in [0, 0.05) is 10.8 Å². The first-order valence-corrected chi connectivity index (χ1v) is 9.35. The van der Waals surface area contributed by atoms with E-state index in [0.29, 0.717) is 37.7 Å². The molecule has 0 fully saturated rings. The van der Waals surface area contributed by atoms with E-state index in [-0.39, 0.29) is 41.0 Å². The number of carbonyl (C=O) groups excluding carboxylic acids is 2. The lowest BCUT2D eigenvalue weighted by atomic mass is 9.86. The highest BCUT2D eigenvalue weighted by atomic mass is 16.5. The molecule has 32 heavy (non-hydrogen) atoms. The van der Waals surface area contributed by atoms with Crippen LogP contribution in [0.2, 0.25) is 0 Å². The van der Waals surface area contributed by atoms with Crippen LogP contribution >= 0.6 is 0 Å². The number of carboxylic acids is 2. The van der Waals surface area contributed by atoms with Crippen molar-refractivity contribution in [3.05, 3.63) is 59.7 Å². The van der Waals surface area contributed by atoms with Gasteiger partial charge in [-0.1, -0.05) is 12.1 Å². The molecule has 0 atom stereocenters. The van der Waals surface area contributed by atoms with Crippen molar-refractivity contribution in [3.63, 3.8) is 0 Å². The Balaban J connectivity index is 2.11. The van der Waals surface area contributed by atoms with Crippen LogP contribution in [-0.4, -0.2) is 35.1 Å². The standard InChI is InChI=1S/C24H12O8/c25-9-31-17-7-5-13-11-1-3-15(23(27)28)21-16(24(29)30)4-2-12(19(11)21)14-6-8-18(32-10-26)22(17)20(13)14/h1-10H,(H,27,28)(H,29,30). The molecule has 0 aliphatic heterocycles. The van der Waals surface area contributed by atoms with E-state index in [2.05, 4.69) is 0 Å². The molecular weight excluding hydrogens is 416 g/mol. The summed E-state index contributed by atoms with van der Waals surface area (Å²) in [5, 5.41) is 23.6. The molecule has 5 aromatic carbocycles. The van der Waals surface area contributed by atoms with Crippen LogP contribution in [0, 0.1) is 0 Å². The van der Waals surface area contributed by atoms with Gasteiger partial charge in [-0.3, -0.25) is 9.59 Å². The molecule has 0 amide bonds. The van der Waals surface area contributed by atoms with Gasteiger partial charge >= 0.3 is 11.9 Å². The van der Waals surface area contributed by atoms with Crippen LogP contribution in [0.3, 0.4) is 0 Å². The molecule has 0 bridgehead atoms. The normalized spacial score (nSPS) is 11.2. The summed E-state index contributed by atoms with van der Waals surface area (Å²) >= 11 is 0. The van der Waals surface area contributed by atoms with Crippen LogP contribution in [0.25, 0.3) is 43.1 Å². The Hall–Kier alpha value is -4.72.